The number of hydrogen-bond donors (Lipinski definition) is 0. The molecule has 5 aromatic rings. The van der Waals surface area contributed by atoms with Crippen molar-refractivity contribution in [1.82, 2.24) is 24.1 Å². The Kier molecular flexibility index (Phi) is 6.70. The van der Waals surface area contributed by atoms with Gasteiger partial charge in [0.1, 0.15) is 10.8 Å². The summed E-state index contributed by atoms with van der Waals surface area (Å²) in [5.74, 6) is 0.769. The summed E-state index contributed by atoms with van der Waals surface area (Å²) in [6.07, 6.45) is 0.703. The highest BCUT2D eigenvalue weighted by molar-refractivity contribution is 7.98. The lowest BCUT2D eigenvalue weighted by Gasteiger charge is -2.11. The number of nitrogens with zero attached hydrogens (tertiary/aromatic N) is 5. The molecule has 7 nitrogen and oxygen atoms in total. The van der Waals surface area contributed by atoms with Gasteiger partial charge in [0.2, 0.25) is 5.78 Å². The maximum Gasteiger partial charge on any atom is 0.262 e. The quantitative estimate of drug-likeness (QED) is 0.211. The summed E-state index contributed by atoms with van der Waals surface area (Å²) in [6.45, 7) is 3.66. The monoisotopic (exact) mass is 495 g/mol. The fourth-order valence-electron chi connectivity index (χ4n) is 3.77. The number of rotatable bonds is 9. The molecule has 10 heteroatoms. The van der Waals surface area contributed by atoms with Gasteiger partial charge in [-0.3, -0.25) is 13.8 Å². The molecule has 34 heavy (non-hydrogen) atoms. The standard InChI is InChI=1S/C24H22FN5O2S2/c1-2-32-13-7-12-29-22(31)18-9-4-6-11-20(18)30-23(29)27-28-24(30)34-15-16-14-33-21(26-16)17-8-3-5-10-19(17)25/h3-6,8-11,14H,2,7,12-13,15H2,1H3. The fraction of sp³-hybridized carbons (Fsp3) is 0.250. The summed E-state index contributed by atoms with van der Waals surface area (Å²) in [6, 6.07) is 14.1. The number of hydrogen-bond acceptors (Lipinski definition) is 7. The van der Waals surface area contributed by atoms with Crippen LogP contribution in [0.15, 0.2) is 63.9 Å². The van der Waals surface area contributed by atoms with Gasteiger partial charge in [-0.15, -0.1) is 21.5 Å². The highest BCUT2D eigenvalue weighted by Gasteiger charge is 2.17. The summed E-state index contributed by atoms with van der Waals surface area (Å²) in [5.41, 5.74) is 2.01. The lowest BCUT2D eigenvalue weighted by atomic mass is 10.2. The van der Waals surface area contributed by atoms with Crippen LogP contribution < -0.4 is 5.56 Å². The zero-order chi connectivity index (χ0) is 23.5. The van der Waals surface area contributed by atoms with Crippen LogP contribution in [-0.2, 0) is 17.0 Å². The molecule has 0 saturated carbocycles. The number of halogens is 1. The molecule has 2 aromatic carbocycles. The molecule has 0 bridgehead atoms. The van der Waals surface area contributed by atoms with Gasteiger partial charge >= 0.3 is 0 Å². The largest absolute Gasteiger partial charge is 0.382 e. The molecule has 5 rings (SSSR count). The third-order valence-electron chi connectivity index (χ3n) is 5.36. The SMILES string of the molecule is CCOCCCn1c(=O)c2ccccc2n2c(SCc3csc(-c4ccccc4F)n3)nnc12. The number of fused-ring (bicyclic) bond motifs is 3. The number of benzene rings is 2. The molecule has 3 aromatic heterocycles. The van der Waals surface area contributed by atoms with E-state index in [-0.39, 0.29) is 11.4 Å². The molecule has 0 fully saturated rings. The van der Waals surface area contributed by atoms with Crippen molar-refractivity contribution in [1.29, 1.82) is 0 Å². The van der Waals surface area contributed by atoms with E-state index in [4.69, 9.17) is 4.74 Å². The van der Waals surface area contributed by atoms with Crippen molar-refractivity contribution in [3.05, 3.63) is 75.8 Å². The van der Waals surface area contributed by atoms with E-state index in [1.165, 1.54) is 29.2 Å². The molecule has 0 atom stereocenters. The maximum atomic E-state index is 14.1. The average molecular weight is 496 g/mol. The van der Waals surface area contributed by atoms with Crippen LogP contribution in [0.4, 0.5) is 4.39 Å². The van der Waals surface area contributed by atoms with Crippen molar-refractivity contribution in [2.75, 3.05) is 13.2 Å². The highest BCUT2D eigenvalue weighted by atomic mass is 32.2. The van der Waals surface area contributed by atoms with Gasteiger partial charge in [0.05, 0.1) is 16.6 Å². The van der Waals surface area contributed by atoms with E-state index < -0.39 is 0 Å². The number of aromatic nitrogens is 5. The van der Waals surface area contributed by atoms with E-state index in [1.54, 1.807) is 22.8 Å². The predicted octanol–water partition coefficient (Wildman–Crippen LogP) is 5.03. The number of aryl methyl sites for hydroxylation is 1. The summed E-state index contributed by atoms with van der Waals surface area (Å²) >= 11 is 2.90. The van der Waals surface area contributed by atoms with Crippen LogP contribution in [0, 0.1) is 5.82 Å². The van der Waals surface area contributed by atoms with E-state index in [0.29, 0.717) is 58.8 Å². The van der Waals surface area contributed by atoms with Gasteiger partial charge in [-0.1, -0.05) is 36.0 Å². The first-order valence-electron chi connectivity index (χ1n) is 10.9. The summed E-state index contributed by atoms with van der Waals surface area (Å²) < 4.78 is 23.1. The second-order valence-corrected chi connectivity index (χ2v) is 9.36. The summed E-state index contributed by atoms with van der Waals surface area (Å²) in [4.78, 5) is 17.8. The summed E-state index contributed by atoms with van der Waals surface area (Å²) in [5, 5.41) is 12.6. The fourth-order valence-corrected chi connectivity index (χ4v) is 5.55. The number of thiazole rings is 1. The van der Waals surface area contributed by atoms with Crippen molar-refractivity contribution in [3.63, 3.8) is 0 Å². The molecular formula is C24H22FN5O2S2. The number of ether oxygens (including phenoxy) is 1. The van der Waals surface area contributed by atoms with Crippen LogP contribution in [-0.4, -0.2) is 37.4 Å². The minimum atomic E-state index is -0.284. The lowest BCUT2D eigenvalue weighted by molar-refractivity contribution is 0.141. The van der Waals surface area contributed by atoms with Crippen LogP contribution in [0.3, 0.4) is 0 Å². The van der Waals surface area contributed by atoms with Crippen molar-refractivity contribution >= 4 is 39.8 Å². The molecule has 0 spiro atoms. The van der Waals surface area contributed by atoms with Crippen LogP contribution in [0.1, 0.15) is 19.0 Å². The van der Waals surface area contributed by atoms with E-state index in [0.717, 1.165) is 11.2 Å². The van der Waals surface area contributed by atoms with Gasteiger partial charge in [-0.2, -0.15) is 0 Å². The zero-order valence-electron chi connectivity index (χ0n) is 18.5. The Morgan fingerprint density at radius 3 is 2.79 bits per heavy atom. The van der Waals surface area contributed by atoms with Crippen LogP contribution >= 0.6 is 23.1 Å². The van der Waals surface area contributed by atoms with Crippen LogP contribution in [0.2, 0.25) is 0 Å². The van der Waals surface area contributed by atoms with Gasteiger partial charge in [0, 0.05) is 36.5 Å². The Bertz CT molecular complexity index is 1510. The average Bonchev–Trinajstić information content (AvgIpc) is 3.50. The van der Waals surface area contributed by atoms with E-state index >= 15 is 0 Å². The Morgan fingerprint density at radius 1 is 1.12 bits per heavy atom. The Labute approximate surface area is 203 Å². The molecular weight excluding hydrogens is 473 g/mol. The Hall–Kier alpha value is -3.08. The first-order chi connectivity index (χ1) is 16.7. The molecule has 0 aliphatic rings. The minimum absolute atomic E-state index is 0.0856. The van der Waals surface area contributed by atoms with Crippen molar-refractivity contribution < 1.29 is 9.13 Å². The van der Waals surface area contributed by atoms with E-state index in [2.05, 4.69) is 15.2 Å². The van der Waals surface area contributed by atoms with Crippen molar-refractivity contribution in [3.8, 4) is 10.6 Å². The Morgan fingerprint density at radius 2 is 1.94 bits per heavy atom. The molecule has 3 heterocycles. The molecule has 0 N–H and O–H groups in total. The Balaban J connectivity index is 1.46. The van der Waals surface area contributed by atoms with Crippen LogP contribution in [0.25, 0.3) is 27.3 Å². The van der Waals surface area contributed by atoms with Gasteiger partial charge in [0.15, 0.2) is 5.16 Å². The van der Waals surface area contributed by atoms with E-state index in [1.807, 2.05) is 41.0 Å². The molecule has 0 unspecified atom stereocenters. The second-order valence-electron chi connectivity index (χ2n) is 7.55. The smallest absolute Gasteiger partial charge is 0.262 e. The number of para-hydroxylation sites is 1. The second kappa shape index (κ2) is 10.0. The number of thioether (sulfide) groups is 1. The molecule has 0 saturated heterocycles. The normalized spacial score (nSPS) is 11.6. The van der Waals surface area contributed by atoms with Gasteiger partial charge in [-0.05, 0) is 37.6 Å². The molecule has 0 radical (unpaired) electrons. The third kappa shape index (κ3) is 4.36. The first-order valence-corrected chi connectivity index (χ1v) is 12.8. The third-order valence-corrected chi connectivity index (χ3v) is 7.24. The first kappa shape index (κ1) is 22.7. The van der Waals surface area contributed by atoms with Crippen molar-refractivity contribution in [2.45, 2.75) is 30.8 Å². The van der Waals surface area contributed by atoms with Crippen molar-refractivity contribution in [2.24, 2.45) is 0 Å². The summed E-state index contributed by atoms with van der Waals surface area (Å²) in [7, 11) is 0. The minimum Gasteiger partial charge on any atom is -0.382 e. The molecule has 0 amide bonds. The lowest BCUT2D eigenvalue weighted by Crippen LogP contribution is -2.24. The van der Waals surface area contributed by atoms with Crippen LogP contribution in [0.5, 0.6) is 0 Å². The van der Waals surface area contributed by atoms with E-state index in [9.17, 15) is 9.18 Å². The zero-order valence-corrected chi connectivity index (χ0v) is 20.1. The predicted molar refractivity (Wildman–Crippen MR) is 133 cm³/mol. The molecule has 0 aliphatic heterocycles. The molecule has 174 valence electrons. The van der Waals surface area contributed by atoms with Gasteiger partial charge in [-0.25, -0.2) is 9.37 Å². The highest BCUT2D eigenvalue weighted by Crippen LogP contribution is 2.29. The maximum absolute atomic E-state index is 14.1. The van der Waals surface area contributed by atoms with Gasteiger partial charge in [0.25, 0.3) is 5.56 Å². The topological polar surface area (TPSA) is 74.3 Å². The van der Waals surface area contributed by atoms with Gasteiger partial charge < -0.3 is 4.74 Å². The molecule has 0 aliphatic carbocycles.